The smallest absolute Gasteiger partial charge is 0.341 e. The van der Waals surface area contributed by atoms with Crippen molar-refractivity contribution in [3.8, 4) is 0 Å². The second-order valence-electron chi connectivity index (χ2n) is 25.4. The number of cyclic esters (lactones) is 1. The number of aryl methyl sites for hydroxylation is 1. The molecule has 9 N–H and O–H groups in total. The highest BCUT2D eigenvalue weighted by molar-refractivity contribution is 5.93. The Morgan fingerprint density at radius 3 is 1.96 bits per heavy atom. The number of nitrogens with one attached hydrogen (secondary N) is 1. The molecule has 510 valence electrons. The number of esters is 2. The minimum absolute atomic E-state index is 0.0269. The van der Waals surface area contributed by atoms with Gasteiger partial charge in [-0.2, -0.15) is 0 Å². The number of aliphatic hydroxyl groups is 4. The first kappa shape index (κ1) is 76.7. The molecule has 3 fully saturated rings. The van der Waals surface area contributed by atoms with Crippen molar-refractivity contribution in [3.05, 3.63) is 45.7 Å². The van der Waals surface area contributed by atoms with Gasteiger partial charge in [-0.15, -0.1) is 0 Å². The number of hydrogen-bond acceptors (Lipinski definition) is 23. The summed E-state index contributed by atoms with van der Waals surface area (Å²) in [5.41, 5.74) is -6.67. The number of likely N-dealkylation sites (N-methyl/N-ethyl adjacent to an activating group) is 1. The van der Waals surface area contributed by atoms with E-state index in [1.54, 1.807) is 77.5 Å². The first-order valence-corrected chi connectivity index (χ1v) is 30.3. The average molecular weight is 1280 g/mol. The summed E-state index contributed by atoms with van der Waals surface area (Å²) in [4.78, 5) is 99.6. The molecule has 90 heavy (non-hydrogen) atoms. The maximum absolute atomic E-state index is 14.6. The van der Waals surface area contributed by atoms with Crippen molar-refractivity contribution < 1.29 is 112 Å². The number of benzene rings is 1. The van der Waals surface area contributed by atoms with E-state index < -0.39 is 155 Å². The van der Waals surface area contributed by atoms with Gasteiger partial charge in [0, 0.05) is 76.7 Å². The lowest BCUT2D eigenvalue weighted by Crippen LogP contribution is -2.61. The Hall–Kier alpha value is -5.76. The summed E-state index contributed by atoms with van der Waals surface area (Å²) in [5, 5.41) is 84.0. The molecule has 1 aromatic heterocycles. The van der Waals surface area contributed by atoms with Crippen molar-refractivity contribution in [1.29, 1.82) is 0 Å². The van der Waals surface area contributed by atoms with Gasteiger partial charge in [-0.3, -0.25) is 33.4 Å². The summed E-state index contributed by atoms with van der Waals surface area (Å²) < 4.78 is 52.9. The molecule has 0 aliphatic carbocycles. The number of pyridine rings is 1. The highest BCUT2D eigenvalue weighted by atomic mass is 16.7. The van der Waals surface area contributed by atoms with Crippen molar-refractivity contribution in [3.63, 3.8) is 0 Å². The third kappa shape index (κ3) is 18.7. The van der Waals surface area contributed by atoms with Gasteiger partial charge in [0.05, 0.1) is 66.8 Å². The number of ketones is 1. The van der Waals surface area contributed by atoms with E-state index in [4.69, 9.17) is 58.3 Å². The lowest BCUT2D eigenvalue weighted by Gasteiger charge is -2.50. The van der Waals surface area contributed by atoms with Crippen LogP contribution in [0.3, 0.4) is 0 Å². The zero-order valence-electron chi connectivity index (χ0n) is 54.7. The number of carbonyl (C=O) groups is 7. The van der Waals surface area contributed by atoms with Crippen molar-refractivity contribution in [2.24, 2.45) is 23.7 Å². The van der Waals surface area contributed by atoms with E-state index in [9.17, 15) is 58.8 Å². The molecule has 28 heteroatoms. The standard InChI is InChI=1S/C56H90N4O17.C6H8O7/c1-17-41-56(10,69)48(65)32(4)44(62)30(2)27-54(8,70-15)49(77-53-46(64)40(58(11)12)25-31(3)72-53)33(5)47(34(6)52(68)74-41)76-43-28-55(9,71-16)50(35(7)73-43)75-42(61)22-24-57-23-18-19-36-20-21-39-37(26-36)45(63)38(51(66)67)29-60(39)59(13)14;7-3(8)1-6(13,5(11)12)2-4(9)10/h20-21,26,29-35,40-41,43,46-50,53,57,64-65,69H,17-19,22-25,27-28H2,1-16H3,(H,66,67);13H,1-2H2,(H,7,8)(H,9,10)(H,11,12)/t30-,31-,32+,33+,34-,35+,40+,41-,43+,46-,47+,48-,49-,50+,53+,54-,55-,56-;/m1./s1. The third-order valence-corrected chi connectivity index (χ3v) is 17.8. The van der Waals surface area contributed by atoms with Gasteiger partial charge < -0.3 is 94.0 Å². The van der Waals surface area contributed by atoms with Crippen LogP contribution in [-0.2, 0) is 73.1 Å². The number of ether oxygens (including phenoxy) is 8. The molecule has 18 atom stereocenters. The molecule has 0 bridgehead atoms. The van der Waals surface area contributed by atoms with Gasteiger partial charge in [0.15, 0.2) is 24.3 Å². The van der Waals surface area contributed by atoms with E-state index in [1.807, 2.05) is 38.9 Å². The Morgan fingerprint density at radius 2 is 1.42 bits per heavy atom. The highest BCUT2D eigenvalue weighted by Crippen LogP contribution is 2.42. The summed E-state index contributed by atoms with van der Waals surface area (Å²) in [7, 11) is 10.2. The zero-order valence-corrected chi connectivity index (χ0v) is 54.7. The number of carbonyl (C=O) groups excluding carboxylic acids is 3. The summed E-state index contributed by atoms with van der Waals surface area (Å²) in [6, 6.07) is 5.10. The predicted molar refractivity (Wildman–Crippen MR) is 323 cm³/mol. The fraction of sp³-hybridized carbons (Fsp3) is 0.742. The van der Waals surface area contributed by atoms with Crippen LogP contribution in [0.5, 0.6) is 0 Å². The molecule has 0 spiro atoms. The molecule has 1 aromatic carbocycles. The molecule has 4 heterocycles. The number of carboxylic acid groups (broad SMARTS) is 4. The topological polar surface area (TPSA) is 396 Å². The fourth-order valence-electron chi connectivity index (χ4n) is 12.4. The minimum atomic E-state index is -2.74. The molecular weight excluding hydrogens is 1180 g/mol. The first-order chi connectivity index (χ1) is 41.7. The SMILES string of the molecule is CC[C@H]1OC(=O)[C@H](C)[C@@H](O[C@H]2C[C@@](C)(OC)[C@@H](OC(=O)CCNCCCc3ccc4c(c3)c(=O)c(C(=O)O)cn4N(C)C)[C@H](C)O2)[C@H](C)[C@@H](O[C@@H]2O[C@H](C)C[C@H](N(C)C)[C@H]2O)[C@](C)(OC)C[C@@H](C)C(=O)[C@H](C)[C@@H](O)[C@]1(C)O.O=C(O)CC(O)(CC(=O)O)C(=O)O. The largest absolute Gasteiger partial charge is 0.481 e. The molecule has 0 saturated carbocycles. The first-order valence-electron chi connectivity index (χ1n) is 30.3. The molecule has 2 aromatic rings. The second-order valence-corrected chi connectivity index (χ2v) is 25.4. The number of carboxylic acids is 4. The number of fused-ring (bicyclic) bond motifs is 1. The van der Waals surface area contributed by atoms with E-state index in [-0.39, 0.29) is 49.2 Å². The third-order valence-electron chi connectivity index (χ3n) is 17.8. The van der Waals surface area contributed by atoms with E-state index in [2.05, 4.69) is 5.32 Å². The average Bonchev–Trinajstić information content (AvgIpc) is 1.23. The van der Waals surface area contributed by atoms with Crippen molar-refractivity contribution >= 4 is 52.5 Å². The number of Topliss-reactive ketones (excluding diaryl/α,β-unsaturated/α-hetero) is 1. The number of hydrogen-bond donors (Lipinski definition) is 9. The predicted octanol–water partition coefficient (Wildman–Crippen LogP) is 2.57. The Morgan fingerprint density at radius 1 is 0.822 bits per heavy atom. The van der Waals surface area contributed by atoms with Crippen LogP contribution in [0, 0.1) is 23.7 Å². The number of methoxy groups -OCH3 is 2. The Balaban J connectivity index is 0.00000119. The van der Waals surface area contributed by atoms with E-state index in [1.165, 1.54) is 34.3 Å². The molecule has 3 saturated heterocycles. The fourth-order valence-corrected chi connectivity index (χ4v) is 12.4. The van der Waals surface area contributed by atoms with E-state index in [0.717, 1.165) is 5.56 Å². The monoisotopic (exact) mass is 1280 g/mol. The van der Waals surface area contributed by atoms with Gasteiger partial charge >= 0.3 is 35.8 Å². The van der Waals surface area contributed by atoms with Crippen LogP contribution in [-0.4, -0.2) is 237 Å². The highest BCUT2D eigenvalue weighted by Gasteiger charge is 2.55. The Labute approximate surface area is 524 Å². The van der Waals surface area contributed by atoms with Gasteiger partial charge in [-0.05, 0) is 112 Å². The van der Waals surface area contributed by atoms with Gasteiger partial charge in [0.25, 0.3) is 0 Å². The van der Waals surface area contributed by atoms with Crippen molar-refractivity contribution in [1.82, 2.24) is 14.9 Å². The molecule has 5 rings (SSSR count). The molecule has 3 aliphatic rings. The number of aliphatic carboxylic acids is 3. The summed E-state index contributed by atoms with van der Waals surface area (Å²) in [5.74, 6) is -11.7. The number of aromatic nitrogens is 1. The normalized spacial score (nSPS) is 33.1. The zero-order chi connectivity index (χ0) is 68.3. The lowest BCUT2D eigenvalue weighted by molar-refractivity contribution is -0.320. The van der Waals surface area contributed by atoms with E-state index >= 15 is 0 Å². The molecular formula is C62H98N4O24. The number of rotatable bonds is 23. The van der Waals surface area contributed by atoms with Gasteiger partial charge in [-0.25, -0.2) is 9.59 Å². The quantitative estimate of drug-likeness (QED) is 0.0570. The Bertz CT molecular complexity index is 2850. The van der Waals surface area contributed by atoms with Gasteiger partial charge in [0.1, 0.15) is 34.8 Å². The van der Waals surface area contributed by atoms with Crippen LogP contribution in [0.2, 0.25) is 0 Å². The number of nitrogens with zero attached hydrogens (tertiary/aromatic N) is 3. The number of aliphatic hydroxyl groups excluding tert-OH is 2. The van der Waals surface area contributed by atoms with Gasteiger partial charge in [0.2, 0.25) is 5.43 Å². The van der Waals surface area contributed by atoms with Crippen molar-refractivity contribution in [2.75, 3.05) is 60.5 Å². The molecule has 3 aliphatic heterocycles. The van der Waals surface area contributed by atoms with Crippen LogP contribution in [0.25, 0.3) is 10.9 Å². The molecule has 28 nitrogen and oxygen atoms in total. The second kappa shape index (κ2) is 32.2. The minimum Gasteiger partial charge on any atom is -0.481 e. The summed E-state index contributed by atoms with van der Waals surface area (Å²) >= 11 is 0. The van der Waals surface area contributed by atoms with Gasteiger partial charge in [-0.1, -0.05) is 33.8 Å². The maximum Gasteiger partial charge on any atom is 0.341 e. The molecule has 0 unspecified atom stereocenters. The van der Waals surface area contributed by atoms with Crippen LogP contribution in [0.4, 0.5) is 0 Å². The maximum atomic E-state index is 14.6. The van der Waals surface area contributed by atoms with Crippen LogP contribution in [0.15, 0.2) is 29.2 Å². The molecule has 0 radical (unpaired) electrons. The lowest BCUT2D eigenvalue weighted by atomic mass is 9.74. The van der Waals surface area contributed by atoms with Crippen LogP contribution < -0.4 is 15.8 Å². The van der Waals surface area contributed by atoms with Crippen LogP contribution in [0.1, 0.15) is 137 Å². The van der Waals surface area contributed by atoms with E-state index in [0.29, 0.717) is 43.3 Å². The number of aromatic carboxylic acids is 1. The summed E-state index contributed by atoms with van der Waals surface area (Å²) in [6.45, 7) is 17.8. The Kier molecular flexibility index (Phi) is 27.4. The van der Waals surface area contributed by atoms with Crippen molar-refractivity contribution in [2.45, 2.75) is 217 Å². The van der Waals surface area contributed by atoms with Crippen LogP contribution >= 0.6 is 0 Å². The molecule has 0 amide bonds. The summed E-state index contributed by atoms with van der Waals surface area (Å²) in [6.07, 6.45) is -9.30.